The number of hydrogen-bond donors (Lipinski definition) is 1. The van der Waals surface area contributed by atoms with Gasteiger partial charge in [-0.25, -0.2) is 18.3 Å². The van der Waals surface area contributed by atoms with E-state index in [1.165, 1.54) is 0 Å². The number of likely N-dealkylation sites (N-methyl/N-ethyl adjacent to an activating group) is 1. The number of carbonyl (C=O) groups is 1. The highest BCUT2D eigenvalue weighted by molar-refractivity contribution is 5.95. The first-order chi connectivity index (χ1) is 21.8. The molecule has 4 aromatic rings. The first-order valence-electron chi connectivity index (χ1n) is 15.2. The van der Waals surface area contributed by atoms with Gasteiger partial charge >= 0.3 is 0 Å². The van der Waals surface area contributed by atoms with Crippen LogP contribution in [-0.2, 0) is 0 Å². The summed E-state index contributed by atoms with van der Waals surface area (Å²) in [6, 6.07) is 11.0. The van der Waals surface area contributed by atoms with Crippen molar-refractivity contribution in [2.75, 3.05) is 64.4 Å². The molecule has 3 aromatic heterocycles. The van der Waals surface area contributed by atoms with Crippen molar-refractivity contribution >= 4 is 17.2 Å². The number of pyridine rings is 2. The number of fused-ring (bicyclic) bond motifs is 1. The van der Waals surface area contributed by atoms with Crippen molar-refractivity contribution in [3.05, 3.63) is 77.8 Å². The van der Waals surface area contributed by atoms with Crippen molar-refractivity contribution in [3.63, 3.8) is 0 Å². The van der Waals surface area contributed by atoms with E-state index < -0.39 is 23.1 Å². The van der Waals surface area contributed by atoms with Crippen molar-refractivity contribution in [2.45, 2.75) is 25.3 Å². The average molecular weight is 615 g/mol. The molecule has 1 amide bonds. The van der Waals surface area contributed by atoms with Gasteiger partial charge in [0, 0.05) is 63.1 Å². The minimum atomic E-state index is -0.743. The van der Waals surface area contributed by atoms with Crippen LogP contribution in [0.5, 0.6) is 5.75 Å². The Morgan fingerprint density at radius 2 is 1.84 bits per heavy atom. The van der Waals surface area contributed by atoms with E-state index in [1.54, 1.807) is 23.1 Å². The van der Waals surface area contributed by atoms with Gasteiger partial charge in [-0.15, -0.1) is 0 Å². The van der Waals surface area contributed by atoms with Crippen LogP contribution in [0, 0.1) is 23.0 Å². The molecule has 234 valence electrons. The van der Waals surface area contributed by atoms with E-state index in [1.807, 2.05) is 25.1 Å². The van der Waals surface area contributed by atoms with Crippen LogP contribution in [0.15, 0.2) is 55.0 Å². The number of nitrogens with zero attached hydrogens (tertiary/aromatic N) is 7. The first-order valence-corrected chi connectivity index (χ1v) is 15.2. The fourth-order valence-corrected chi connectivity index (χ4v) is 6.28. The normalized spacial score (nSPS) is 17.3. The van der Waals surface area contributed by atoms with Crippen LogP contribution in [0.25, 0.3) is 16.6 Å². The Labute approximate surface area is 260 Å². The van der Waals surface area contributed by atoms with E-state index in [-0.39, 0.29) is 5.56 Å². The molecule has 0 unspecified atom stereocenters. The van der Waals surface area contributed by atoms with Gasteiger partial charge in [-0.1, -0.05) is 0 Å². The highest BCUT2D eigenvalue weighted by Gasteiger charge is 2.39. The number of benzene rings is 1. The molecule has 2 saturated heterocycles. The van der Waals surface area contributed by atoms with E-state index in [9.17, 15) is 18.8 Å². The topological polar surface area (TPSA) is 102 Å². The van der Waals surface area contributed by atoms with Gasteiger partial charge in [0.1, 0.15) is 29.3 Å². The Morgan fingerprint density at radius 3 is 2.53 bits per heavy atom. The summed E-state index contributed by atoms with van der Waals surface area (Å²) in [4.78, 5) is 24.9. The molecule has 45 heavy (non-hydrogen) atoms. The number of rotatable bonds is 8. The van der Waals surface area contributed by atoms with E-state index in [2.05, 4.69) is 38.2 Å². The monoisotopic (exact) mass is 614 g/mol. The fraction of sp³-hybridized carbons (Fsp3) is 0.394. The van der Waals surface area contributed by atoms with Crippen LogP contribution in [0.1, 0.15) is 35.7 Å². The number of piperidine rings is 1. The van der Waals surface area contributed by atoms with Gasteiger partial charge in [-0.05, 0) is 63.2 Å². The second kappa shape index (κ2) is 12.8. The van der Waals surface area contributed by atoms with Crippen LogP contribution in [-0.4, -0.2) is 95.3 Å². The number of halogens is 2. The number of piperazine rings is 1. The lowest BCUT2D eigenvalue weighted by Crippen LogP contribution is -2.62. The molecule has 0 saturated carbocycles. The van der Waals surface area contributed by atoms with E-state index in [0.29, 0.717) is 55.9 Å². The number of anilines is 1. The number of aromatic nitrogens is 3. The van der Waals surface area contributed by atoms with Crippen molar-refractivity contribution < 1.29 is 18.3 Å². The summed E-state index contributed by atoms with van der Waals surface area (Å²) in [6.45, 7) is 7.89. The van der Waals surface area contributed by atoms with Crippen LogP contribution in [0.2, 0.25) is 0 Å². The van der Waals surface area contributed by atoms with Gasteiger partial charge < -0.3 is 19.9 Å². The number of ether oxygens (including phenoxy) is 1. The third kappa shape index (κ3) is 6.45. The summed E-state index contributed by atoms with van der Waals surface area (Å²) in [5.74, 6) is -0.562. The fourth-order valence-electron chi connectivity index (χ4n) is 6.28. The second-order valence-corrected chi connectivity index (χ2v) is 11.8. The van der Waals surface area contributed by atoms with Crippen molar-refractivity contribution in [3.8, 4) is 22.9 Å². The lowest BCUT2D eigenvalue weighted by molar-refractivity contribution is 0.0752. The predicted molar refractivity (Wildman–Crippen MR) is 166 cm³/mol. The number of amides is 1. The van der Waals surface area contributed by atoms with Crippen molar-refractivity contribution in [1.82, 2.24) is 29.7 Å². The molecular formula is C33H36F2N8O2. The van der Waals surface area contributed by atoms with E-state index in [0.717, 1.165) is 61.3 Å². The summed E-state index contributed by atoms with van der Waals surface area (Å²) < 4.78 is 35.8. The van der Waals surface area contributed by atoms with Gasteiger partial charge in [0.25, 0.3) is 5.91 Å². The molecule has 5 heterocycles. The summed E-state index contributed by atoms with van der Waals surface area (Å²) in [5, 5.41) is 17.1. The molecule has 12 heteroatoms. The van der Waals surface area contributed by atoms with E-state index >= 15 is 0 Å². The quantitative estimate of drug-likeness (QED) is 0.318. The first kappa shape index (κ1) is 30.4. The smallest absolute Gasteiger partial charge is 0.254 e. The Kier molecular flexibility index (Phi) is 8.65. The number of nitriles is 1. The largest absolute Gasteiger partial charge is 0.492 e. The summed E-state index contributed by atoms with van der Waals surface area (Å²) >= 11 is 0. The van der Waals surface area contributed by atoms with E-state index in [4.69, 9.17) is 9.72 Å². The van der Waals surface area contributed by atoms with Crippen LogP contribution in [0.4, 0.5) is 14.6 Å². The number of carbonyl (C=O) groups excluding carboxylic acids is 1. The average Bonchev–Trinajstić information content (AvgIpc) is 3.47. The van der Waals surface area contributed by atoms with Crippen LogP contribution >= 0.6 is 0 Å². The van der Waals surface area contributed by atoms with Gasteiger partial charge in [-0.3, -0.25) is 9.69 Å². The maximum atomic E-state index is 14.5. The standard InChI is InChI=1S/C33H36F2N8O2/c1-3-45-26-17-27(31-24(18-36)20-38-43(31)21-26)23-4-7-30(37-19-23)42-10-8-33(9-11-42,22-41-14-12-40(2)13-15-41)39-32(44)28-16-25(34)5-6-29(28)35/h4-7,16-17,19-21H,3,8-15,22H2,1-2H3,(H,39,44). The summed E-state index contributed by atoms with van der Waals surface area (Å²) in [7, 11) is 2.09. The molecule has 2 aliphatic rings. The summed E-state index contributed by atoms with van der Waals surface area (Å²) in [5.41, 5.74) is 1.88. The minimum Gasteiger partial charge on any atom is -0.492 e. The zero-order valence-corrected chi connectivity index (χ0v) is 25.5. The highest BCUT2D eigenvalue weighted by atomic mass is 19.1. The second-order valence-electron chi connectivity index (χ2n) is 11.8. The molecular weight excluding hydrogens is 578 g/mol. The lowest BCUT2D eigenvalue weighted by Gasteiger charge is -2.46. The van der Waals surface area contributed by atoms with Crippen molar-refractivity contribution in [2.24, 2.45) is 0 Å². The Hall–Kier alpha value is -4.60. The summed E-state index contributed by atoms with van der Waals surface area (Å²) in [6.07, 6.45) is 6.32. The zero-order valence-electron chi connectivity index (χ0n) is 25.5. The molecule has 0 atom stereocenters. The molecule has 10 nitrogen and oxygen atoms in total. The molecule has 1 aromatic carbocycles. The van der Waals surface area contributed by atoms with Gasteiger partial charge in [0.2, 0.25) is 0 Å². The van der Waals surface area contributed by atoms with Gasteiger partial charge in [0.15, 0.2) is 0 Å². The maximum absolute atomic E-state index is 14.5. The van der Waals surface area contributed by atoms with Crippen molar-refractivity contribution in [1.29, 1.82) is 5.26 Å². The number of nitrogens with one attached hydrogen (secondary N) is 1. The van der Waals surface area contributed by atoms with Crippen LogP contribution in [0.3, 0.4) is 0 Å². The zero-order chi connectivity index (χ0) is 31.6. The molecule has 0 radical (unpaired) electrons. The Balaban J connectivity index is 1.22. The molecule has 6 rings (SSSR count). The third-order valence-electron chi connectivity index (χ3n) is 8.80. The molecule has 0 spiro atoms. The lowest BCUT2D eigenvalue weighted by atomic mass is 9.86. The molecule has 1 N–H and O–H groups in total. The third-order valence-corrected chi connectivity index (χ3v) is 8.80. The maximum Gasteiger partial charge on any atom is 0.254 e. The Morgan fingerprint density at radius 1 is 1.07 bits per heavy atom. The molecule has 0 bridgehead atoms. The predicted octanol–water partition coefficient (Wildman–Crippen LogP) is 3.96. The van der Waals surface area contributed by atoms with Gasteiger partial charge in [-0.2, -0.15) is 10.4 Å². The van der Waals surface area contributed by atoms with Crippen LogP contribution < -0.4 is 15.0 Å². The SMILES string of the molecule is CCOc1cc(-c2ccc(N3CCC(CN4CCN(C)CC4)(NC(=O)c4cc(F)ccc4F)CC3)nc2)c2c(C#N)cnn2c1. The van der Waals surface area contributed by atoms with Gasteiger partial charge in [0.05, 0.1) is 41.2 Å². The molecule has 2 fully saturated rings. The highest BCUT2D eigenvalue weighted by Crippen LogP contribution is 2.33. The Bertz CT molecular complexity index is 1720. The number of hydrogen-bond acceptors (Lipinski definition) is 8. The molecule has 2 aliphatic heterocycles. The molecule has 0 aliphatic carbocycles. The minimum absolute atomic E-state index is 0.285.